The molecule has 0 aliphatic carbocycles. The second-order valence-electron chi connectivity index (χ2n) is 7.31. The van der Waals surface area contributed by atoms with Gasteiger partial charge in [0.15, 0.2) is 11.8 Å². The summed E-state index contributed by atoms with van der Waals surface area (Å²) in [6.45, 7) is 4.32. The van der Waals surface area contributed by atoms with Gasteiger partial charge in [-0.05, 0) is 31.0 Å². The van der Waals surface area contributed by atoms with Gasteiger partial charge >= 0.3 is 0 Å². The summed E-state index contributed by atoms with van der Waals surface area (Å²) in [6.07, 6.45) is 1.80. The van der Waals surface area contributed by atoms with Gasteiger partial charge in [-0.15, -0.1) is 24.0 Å². The molecular formula is C20H31FIN7O. The lowest BCUT2D eigenvalue weighted by Gasteiger charge is -2.25. The van der Waals surface area contributed by atoms with E-state index in [0.717, 1.165) is 43.3 Å². The summed E-state index contributed by atoms with van der Waals surface area (Å²) in [6, 6.07) is 5.43. The van der Waals surface area contributed by atoms with Crippen LogP contribution in [0.2, 0.25) is 0 Å². The van der Waals surface area contributed by atoms with E-state index in [1.165, 1.54) is 0 Å². The number of aromatic nitrogens is 3. The SMILES string of the molecule is CCNC(=NCc1ccc(N(C)C)c(F)c1)NC1CCc2nc(COC)nn2C1.I. The van der Waals surface area contributed by atoms with Gasteiger partial charge in [0.1, 0.15) is 18.2 Å². The zero-order valence-electron chi connectivity index (χ0n) is 18.0. The summed E-state index contributed by atoms with van der Waals surface area (Å²) in [5.74, 6) is 2.19. The molecule has 1 unspecified atom stereocenters. The molecule has 2 heterocycles. The third kappa shape index (κ3) is 6.27. The number of fused-ring (bicyclic) bond motifs is 1. The summed E-state index contributed by atoms with van der Waals surface area (Å²) in [7, 11) is 5.29. The van der Waals surface area contributed by atoms with E-state index in [-0.39, 0.29) is 35.8 Å². The number of methoxy groups -OCH3 is 1. The fourth-order valence-electron chi connectivity index (χ4n) is 3.36. The molecule has 1 aromatic heterocycles. The average molecular weight is 531 g/mol. The Balaban J connectivity index is 0.00000320. The zero-order valence-corrected chi connectivity index (χ0v) is 20.3. The van der Waals surface area contributed by atoms with Gasteiger partial charge in [0.2, 0.25) is 0 Å². The molecule has 0 radical (unpaired) electrons. The number of nitrogens with one attached hydrogen (secondary N) is 2. The minimum atomic E-state index is -0.237. The van der Waals surface area contributed by atoms with Crippen LogP contribution >= 0.6 is 24.0 Å². The van der Waals surface area contributed by atoms with Crippen LogP contribution in [-0.4, -0.2) is 54.5 Å². The van der Waals surface area contributed by atoms with Gasteiger partial charge in [-0.25, -0.2) is 19.0 Å². The first-order valence-electron chi connectivity index (χ1n) is 9.92. The smallest absolute Gasteiger partial charge is 0.191 e. The summed E-state index contributed by atoms with van der Waals surface area (Å²) in [5, 5.41) is 11.2. The summed E-state index contributed by atoms with van der Waals surface area (Å²) in [5.41, 5.74) is 1.40. The van der Waals surface area contributed by atoms with Crippen molar-refractivity contribution < 1.29 is 9.13 Å². The van der Waals surface area contributed by atoms with Crippen LogP contribution in [0.1, 0.15) is 30.6 Å². The number of hydrogen-bond acceptors (Lipinski definition) is 5. The number of nitrogens with zero attached hydrogens (tertiary/aromatic N) is 5. The molecule has 2 N–H and O–H groups in total. The lowest BCUT2D eigenvalue weighted by atomic mass is 10.1. The Morgan fingerprint density at radius 2 is 2.20 bits per heavy atom. The molecule has 2 aromatic rings. The number of hydrogen-bond donors (Lipinski definition) is 2. The molecule has 30 heavy (non-hydrogen) atoms. The molecular weight excluding hydrogens is 500 g/mol. The molecule has 0 saturated heterocycles. The molecule has 0 amide bonds. The highest BCUT2D eigenvalue weighted by Crippen LogP contribution is 2.19. The van der Waals surface area contributed by atoms with Crippen LogP contribution in [0.4, 0.5) is 10.1 Å². The Hall–Kier alpha value is -1.95. The van der Waals surface area contributed by atoms with Crippen molar-refractivity contribution in [1.82, 2.24) is 25.4 Å². The van der Waals surface area contributed by atoms with Gasteiger partial charge < -0.3 is 20.3 Å². The van der Waals surface area contributed by atoms with E-state index in [1.807, 2.05) is 31.8 Å². The monoisotopic (exact) mass is 531 g/mol. The second-order valence-corrected chi connectivity index (χ2v) is 7.31. The Bertz CT molecular complexity index is 856. The van der Waals surface area contributed by atoms with Crippen molar-refractivity contribution >= 4 is 35.6 Å². The molecule has 1 aliphatic rings. The fraction of sp³-hybridized carbons (Fsp3) is 0.550. The number of anilines is 1. The lowest BCUT2D eigenvalue weighted by Crippen LogP contribution is -2.47. The predicted octanol–water partition coefficient (Wildman–Crippen LogP) is 2.32. The van der Waals surface area contributed by atoms with Gasteiger partial charge in [-0.2, -0.15) is 5.10 Å². The molecule has 0 bridgehead atoms. The molecule has 0 fully saturated rings. The number of benzene rings is 1. The Morgan fingerprint density at radius 3 is 2.87 bits per heavy atom. The van der Waals surface area contributed by atoms with E-state index in [9.17, 15) is 4.39 Å². The molecule has 10 heteroatoms. The first-order valence-corrected chi connectivity index (χ1v) is 9.92. The van der Waals surface area contributed by atoms with Crippen LogP contribution in [0, 0.1) is 5.82 Å². The molecule has 8 nitrogen and oxygen atoms in total. The maximum Gasteiger partial charge on any atom is 0.191 e. The molecule has 3 rings (SSSR count). The summed E-state index contributed by atoms with van der Waals surface area (Å²) < 4.78 is 21.3. The quantitative estimate of drug-likeness (QED) is 0.325. The van der Waals surface area contributed by atoms with Crippen LogP contribution < -0.4 is 15.5 Å². The first-order chi connectivity index (χ1) is 14.0. The Kier molecular flexibility index (Phi) is 9.28. The standard InChI is InChI=1S/C20H30FN7O.HI/c1-5-22-20(23-11-14-6-8-17(27(2)3)16(21)10-14)24-15-7-9-19-25-18(13-29-4)26-28(19)12-15;/h6,8,10,15H,5,7,9,11-13H2,1-4H3,(H2,22,23,24);1H. The van der Waals surface area contributed by atoms with Crippen molar-refractivity contribution in [1.29, 1.82) is 0 Å². The van der Waals surface area contributed by atoms with Gasteiger partial charge in [0.05, 0.1) is 18.8 Å². The van der Waals surface area contributed by atoms with Crippen molar-refractivity contribution in [2.75, 3.05) is 32.6 Å². The van der Waals surface area contributed by atoms with Gasteiger partial charge in [-0.1, -0.05) is 6.07 Å². The van der Waals surface area contributed by atoms with Crippen molar-refractivity contribution in [3.8, 4) is 0 Å². The van der Waals surface area contributed by atoms with Crippen LogP contribution in [0.25, 0.3) is 0 Å². The zero-order chi connectivity index (χ0) is 20.8. The number of halogens is 2. The van der Waals surface area contributed by atoms with E-state index in [4.69, 9.17) is 4.74 Å². The normalized spacial score (nSPS) is 15.9. The third-order valence-corrected chi connectivity index (χ3v) is 4.77. The van der Waals surface area contributed by atoms with Crippen molar-refractivity contribution in [3.05, 3.63) is 41.2 Å². The van der Waals surface area contributed by atoms with Crippen molar-refractivity contribution in [2.24, 2.45) is 4.99 Å². The molecule has 1 atom stereocenters. The number of aryl methyl sites for hydroxylation is 1. The molecule has 1 aliphatic heterocycles. The maximum atomic E-state index is 14.2. The van der Waals surface area contributed by atoms with E-state index in [2.05, 4.69) is 25.7 Å². The highest BCUT2D eigenvalue weighted by Gasteiger charge is 2.22. The molecule has 166 valence electrons. The molecule has 1 aromatic carbocycles. The lowest BCUT2D eigenvalue weighted by molar-refractivity contribution is 0.177. The number of aliphatic imine (C=N–C) groups is 1. The second kappa shape index (κ2) is 11.4. The van der Waals surface area contributed by atoms with Crippen LogP contribution in [-0.2, 0) is 30.9 Å². The van der Waals surface area contributed by atoms with E-state index in [1.54, 1.807) is 24.1 Å². The highest BCUT2D eigenvalue weighted by molar-refractivity contribution is 14.0. The van der Waals surface area contributed by atoms with Gasteiger partial charge in [0, 0.05) is 40.2 Å². The topological polar surface area (TPSA) is 79.6 Å². The fourth-order valence-corrected chi connectivity index (χ4v) is 3.36. The Morgan fingerprint density at radius 1 is 1.40 bits per heavy atom. The number of ether oxygens (including phenoxy) is 1. The largest absolute Gasteiger partial charge is 0.377 e. The van der Waals surface area contributed by atoms with E-state index in [0.29, 0.717) is 24.7 Å². The highest BCUT2D eigenvalue weighted by atomic mass is 127. The average Bonchev–Trinajstić information content (AvgIpc) is 3.08. The number of rotatable bonds is 7. The van der Waals surface area contributed by atoms with E-state index < -0.39 is 0 Å². The molecule has 0 saturated carbocycles. The minimum Gasteiger partial charge on any atom is -0.377 e. The maximum absolute atomic E-state index is 14.2. The van der Waals surface area contributed by atoms with Crippen LogP contribution in [0.5, 0.6) is 0 Å². The summed E-state index contributed by atoms with van der Waals surface area (Å²) in [4.78, 5) is 10.9. The molecule has 0 spiro atoms. The third-order valence-electron chi connectivity index (χ3n) is 4.77. The predicted molar refractivity (Wildman–Crippen MR) is 127 cm³/mol. The van der Waals surface area contributed by atoms with Gasteiger partial charge in [-0.3, -0.25) is 0 Å². The van der Waals surface area contributed by atoms with Crippen LogP contribution in [0.15, 0.2) is 23.2 Å². The summed E-state index contributed by atoms with van der Waals surface area (Å²) >= 11 is 0. The van der Waals surface area contributed by atoms with Gasteiger partial charge in [0.25, 0.3) is 0 Å². The van der Waals surface area contributed by atoms with E-state index >= 15 is 0 Å². The van der Waals surface area contributed by atoms with Crippen LogP contribution in [0.3, 0.4) is 0 Å². The Labute approximate surface area is 194 Å². The van der Waals surface area contributed by atoms with Crippen molar-refractivity contribution in [3.63, 3.8) is 0 Å². The first kappa shape index (κ1) is 24.3. The van der Waals surface area contributed by atoms with Crippen molar-refractivity contribution in [2.45, 2.75) is 45.5 Å². The number of guanidine groups is 1. The minimum absolute atomic E-state index is 0.